The lowest BCUT2D eigenvalue weighted by Crippen LogP contribution is -1.94. The van der Waals surface area contributed by atoms with E-state index in [4.69, 9.17) is 13.3 Å². The van der Waals surface area contributed by atoms with E-state index in [0.29, 0.717) is 0 Å². The molecule has 4 aromatic heterocycles. The molecule has 0 saturated heterocycles. The maximum Gasteiger partial charge on any atom is 0.143 e. The van der Waals surface area contributed by atoms with Crippen molar-refractivity contribution in [3.05, 3.63) is 382 Å². The van der Waals surface area contributed by atoms with Crippen LogP contribution < -0.4 is 0 Å². The molecule has 0 amide bonds. The molecule has 0 spiro atoms. The van der Waals surface area contributed by atoms with Crippen molar-refractivity contribution in [2.24, 2.45) is 0 Å². The lowest BCUT2D eigenvalue weighted by atomic mass is 9.82. The maximum absolute atomic E-state index is 7.52. The average molecular weight is 1420 g/mol. The lowest BCUT2D eigenvalue weighted by molar-refractivity contribution is 0.632. The van der Waals surface area contributed by atoms with Crippen LogP contribution in [0.25, 0.3) is 247 Å². The first-order valence-electron chi connectivity index (χ1n) is 38.5. The van der Waals surface area contributed by atoms with Crippen molar-refractivity contribution in [1.82, 2.24) is 4.57 Å². The largest absolute Gasteiger partial charge is 0.456 e. The number of rotatable bonds is 9. The standard InChI is InChI=1S/C108H63NO3/c1-3-27-64(28-4-1)96-63-93-98(110-96)61-70-33-11-14-40-76(70)104(93)105-84-47-21-19-45-82(84)101(83-46-20-22-48-85(83)105)88-54-53-77(108-106(88)92-57-65-29-7-8-30-66(65)60-99(92)112-108)68-34-25-35-71(55-68)97-62-91-75-39-13-10-32-69(75)58-89(107(91)111-97)72-56-67-31-9-12-38-74(67)90(59-72)102-80-43-17-15-41-78(80)100(79-42-16-18-44-81(79)102)87-50-26-52-95-103(87)86-49-23-24-51-94(86)109(95)73-36-5-2-6-37-73/h1-63H. The summed E-state index contributed by atoms with van der Waals surface area (Å²) in [4.78, 5) is 0. The highest BCUT2D eigenvalue weighted by Gasteiger charge is 2.29. The van der Waals surface area contributed by atoms with Crippen molar-refractivity contribution in [2.75, 3.05) is 0 Å². The fraction of sp³-hybridized carbons (Fsp3) is 0. The third-order valence-electron chi connectivity index (χ3n) is 23.9. The summed E-state index contributed by atoms with van der Waals surface area (Å²) >= 11 is 0. The Morgan fingerprint density at radius 1 is 0.179 bits per heavy atom. The zero-order chi connectivity index (χ0) is 73.2. The molecule has 112 heavy (non-hydrogen) atoms. The Labute approximate surface area is 642 Å². The fourth-order valence-electron chi connectivity index (χ4n) is 19.1. The molecule has 4 heterocycles. The number of fused-ring (bicyclic) bond motifs is 17. The van der Waals surface area contributed by atoms with Crippen LogP contribution in [0.1, 0.15) is 0 Å². The second kappa shape index (κ2) is 24.3. The van der Waals surface area contributed by atoms with Gasteiger partial charge in [0.05, 0.1) is 11.0 Å². The van der Waals surface area contributed by atoms with Crippen LogP contribution in [0.5, 0.6) is 0 Å². The fourth-order valence-corrected chi connectivity index (χ4v) is 19.1. The molecule has 24 aromatic rings. The predicted molar refractivity (Wildman–Crippen MR) is 471 cm³/mol. The van der Waals surface area contributed by atoms with E-state index in [1.165, 1.54) is 76.4 Å². The van der Waals surface area contributed by atoms with Crippen LogP contribution in [-0.2, 0) is 0 Å². The minimum Gasteiger partial charge on any atom is -0.456 e. The Balaban J connectivity index is 0.683. The van der Waals surface area contributed by atoms with E-state index in [9.17, 15) is 0 Å². The summed E-state index contributed by atoms with van der Waals surface area (Å²) in [6, 6.07) is 140. The van der Waals surface area contributed by atoms with Crippen molar-refractivity contribution in [1.29, 1.82) is 0 Å². The Morgan fingerprint density at radius 2 is 0.625 bits per heavy atom. The molecule has 20 aromatic carbocycles. The second-order valence-corrected chi connectivity index (χ2v) is 29.9. The van der Waals surface area contributed by atoms with Crippen molar-refractivity contribution in [3.63, 3.8) is 0 Å². The van der Waals surface area contributed by atoms with E-state index in [-0.39, 0.29) is 0 Å². The monoisotopic (exact) mass is 1420 g/mol. The van der Waals surface area contributed by atoms with Gasteiger partial charge in [0.15, 0.2) is 0 Å². The van der Waals surface area contributed by atoms with E-state index in [1.54, 1.807) is 0 Å². The normalized spacial score (nSPS) is 12.1. The van der Waals surface area contributed by atoms with Crippen LogP contribution >= 0.6 is 0 Å². The lowest BCUT2D eigenvalue weighted by Gasteiger charge is -2.20. The summed E-state index contributed by atoms with van der Waals surface area (Å²) in [5, 5.41) is 25.3. The van der Waals surface area contributed by atoms with Gasteiger partial charge in [0.2, 0.25) is 0 Å². The van der Waals surface area contributed by atoms with Gasteiger partial charge in [0, 0.05) is 65.8 Å². The highest BCUT2D eigenvalue weighted by Crippen LogP contribution is 2.55. The third kappa shape index (κ3) is 9.30. The van der Waals surface area contributed by atoms with Crippen LogP contribution in [0.15, 0.2) is 395 Å². The quantitative estimate of drug-likeness (QED) is 0.135. The van der Waals surface area contributed by atoms with E-state index >= 15 is 0 Å². The number of para-hydroxylation sites is 2. The molecule has 0 bridgehead atoms. The predicted octanol–water partition coefficient (Wildman–Crippen LogP) is 30.7. The van der Waals surface area contributed by atoms with E-state index in [0.717, 1.165) is 171 Å². The Kier molecular flexibility index (Phi) is 13.5. The molecule has 24 rings (SSSR count). The second-order valence-electron chi connectivity index (χ2n) is 29.9. The number of aromatic nitrogens is 1. The Bertz CT molecular complexity index is 8010. The summed E-state index contributed by atoms with van der Waals surface area (Å²) in [5.41, 5.74) is 22.3. The Morgan fingerprint density at radius 3 is 1.29 bits per heavy atom. The van der Waals surface area contributed by atoms with Gasteiger partial charge in [-0.2, -0.15) is 0 Å². The Hall–Kier alpha value is -14.8. The highest BCUT2D eigenvalue weighted by atomic mass is 16.3. The molecule has 0 aliphatic carbocycles. The molecule has 4 heteroatoms. The molecule has 0 radical (unpaired) electrons. The molecular formula is C108H63NO3. The summed E-state index contributed by atoms with van der Waals surface area (Å²) in [5.74, 6) is 1.62. The van der Waals surface area contributed by atoms with Gasteiger partial charge >= 0.3 is 0 Å². The van der Waals surface area contributed by atoms with E-state index < -0.39 is 0 Å². The first kappa shape index (κ1) is 62.2. The zero-order valence-electron chi connectivity index (χ0n) is 60.5. The van der Waals surface area contributed by atoms with E-state index in [1.807, 2.05) is 0 Å². The van der Waals surface area contributed by atoms with Gasteiger partial charge < -0.3 is 17.8 Å². The molecule has 0 saturated carbocycles. The zero-order valence-corrected chi connectivity index (χ0v) is 60.5. The molecular weight excluding hydrogens is 1360 g/mol. The molecule has 0 aliphatic rings. The van der Waals surface area contributed by atoms with Gasteiger partial charge in [-0.25, -0.2) is 0 Å². The van der Waals surface area contributed by atoms with Gasteiger partial charge in [0.25, 0.3) is 0 Å². The summed E-state index contributed by atoms with van der Waals surface area (Å²) in [6.45, 7) is 0. The first-order chi connectivity index (χ1) is 55.6. The van der Waals surface area contributed by atoms with Crippen LogP contribution in [0.2, 0.25) is 0 Å². The van der Waals surface area contributed by atoms with E-state index in [2.05, 4.69) is 387 Å². The number of furan rings is 3. The molecule has 0 unspecified atom stereocenters. The van der Waals surface area contributed by atoms with Gasteiger partial charge in [-0.1, -0.05) is 297 Å². The smallest absolute Gasteiger partial charge is 0.143 e. The van der Waals surface area contributed by atoms with Crippen molar-refractivity contribution in [2.45, 2.75) is 0 Å². The molecule has 0 atom stereocenters. The van der Waals surface area contributed by atoms with Gasteiger partial charge in [-0.3, -0.25) is 0 Å². The van der Waals surface area contributed by atoms with Crippen LogP contribution in [0, 0.1) is 0 Å². The number of hydrogen-bond donors (Lipinski definition) is 0. The number of benzene rings is 20. The SMILES string of the molecule is c1ccc(-c2cc3c(-c4c5ccccc5c(-c5ccc(-c6cccc(-c7cc8c(o7)c(-c7cc(-c9c%10ccccc%10c(-c%10cccc%11c%10c%10ccccc%10n%11-c%10ccccc%10)c%10ccccc9%10)c9ccccc9c7)cc7ccccc78)c6)c6oc7cc8ccccc8cc7c56)c5ccccc45)c4ccccc4cc3o2)cc1. The van der Waals surface area contributed by atoms with Crippen molar-refractivity contribution >= 4 is 152 Å². The van der Waals surface area contributed by atoms with Gasteiger partial charge in [-0.15, -0.1) is 0 Å². The minimum atomic E-state index is 0.780. The summed E-state index contributed by atoms with van der Waals surface area (Å²) < 4.78 is 24.2. The highest BCUT2D eigenvalue weighted by molar-refractivity contribution is 6.32. The number of nitrogens with zero attached hydrogens (tertiary/aromatic N) is 1. The van der Waals surface area contributed by atoms with Crippen LogP contribution in [0.3, 0.4) is 0 Å². The van der Waals surface area contributed by atoms with Crippen molar-refractivity contribution < 1.29 is 13.3 Å². The van der Waals surface area contributed by atoms with Gasteiger partial charge in [-0.05, 0) is 221 Å². The topological polar surface area (TPSA) is 44.4 Å². The maximum atomic E-state index is 7.52. The average Bonchev–Trinajstić information content (AvgIpc) is 1.52. The molecule has 0 fully saturated rings. The minimum absolute atomic E-state index is 0.780. The molecule has 0 N–H and O–H groups in total. The summed E-state index contributed by atoms with van der Waals surface area (Å²) in [7, 11) is 0. The molecule has 4 nitrogen and oxygen atoms in total. The van der Waals surface area contributed by atoms with Crippen LogP contribution in [0.4, 0.5) is 0 Å². The van der Waals surface area contributed by atoms with Gasteiger partial charge in [0.1, 0.15) is 33.9 Å². The molecule has 518 valence electrons. The third-order valence-corrected chi connectivity index (χ3v) is 23.9. The van der Waals surface area contributed by atoms with Crippen LogP contribution in [-0.4, -0.2) is 4.57 Å². The first-order valence-corrected chi connectivity index (χ1v) is 38.5. The summed E-state index contributed by atoms with van der Waals surface area (Å²) in [6.07, 6.45) is 0. The molecule has 0 aliphatic heterocycles. The van der Waals surface area contributed by atoms with Crippen molar-refractivity contribution in [3.8, 4) is 95.1 Å². The number of hydrogen-bond acceptors (Lipinski definition) is 3.